The molecule has 0 aliphatic carbocycles. The zero-order valence-electron chi connectivity index (χ0n) is 13.6. The van der Waals surface area contributed by atoms with Crippen LogP contribution in [0.4, 0.5) is 0 Å². The number of nitrogens with one attached hydrogen (secondary N) is 1. The molecule has 1 aliphatic rings. The van der Waals surface area contributed by atoms with Crippen LogP contribution in [0.2, 0.25) is 0 Å². The number of carbonyl (C=O) groups is 1. The molecule has 1 amide bonds. The largest absolute Gasteiger partial charge is 0.383 e. The van der Waals surface area contributed by atoms with Gasteiger partial charge in [0.15, 0.2) is 0 Å². The van der Waals surface area contributed by atoms with Gasteiger partial charge in [0.25, 0.3) is 0 Å². The van der Waals surface area contributed by atoms with Crippen LogP contribution in [0.1, 0.15) is 33.6 Å². The molecule has 1 fully saturated rings. The van der Waals surface area contributed by atoms with Crippen LogP contribution in [0.25, 0.3) is 0 Å². The molecule has 1 rings (SSSR count). The fourth-order valence-electron chi connectivity index (χ4n) is 2.87. The Morgan fingerprint density at radius 1 is 1.40 bits per heavy atom. The van der Waals surface area contributed by atoms with Gasteiger partial charge in [-0.15, -0.1) is 0 Å². The zero-order valence-corrected chi connectivity index (χ0v) is 13.6. The van der Waals surface area contributed by atoms with Crippen molar-refractivity contribution in [3.63, 3.8) is 0 Å². The van der Waals surface area contributed by atoms with Gasteiger partial charge < -0.3 is 19.7 Å². The number of hydrogen-bond donors (Lipinski definition) is 1. The van der Waals surface area contributed by atoms with Gasteiger partial charge in [-0.05, 0) is 31.7 Å². The molecular formula is C15H30N2O3. The second-order valence-corrected chi connectivity index (χ2v) is 6.31. The Hall–Kier alpha value is -0.650. The third kappa shape index (κ3) is 4.43. The Kier molecular flexibility index (Phi) is 6.92. The summed E-state index contributed by atoms with van der Waals surface area (Å²) in [5.41, 5.74) is -0.00650. The number of methoxy groups -OCH3 is 2. The van der Waals surface area contributed by atoms with Crippen molar-refractivity contribution < 1.29 is 14.3 Å². The van der Waals surface area contributed by atoms with Crippen molar-refractivity contribution in [1.82, 2.24) is 10.2 Å². The lowest BCUT2D eigenvalue weighted by atomic mass is 9.77. The van der Waals surface area contributed by atoms with Crippen molar-refractivity contribution in [2.24, 2.45) is 5.41 Å². The molecule has 20 heavy (non-hydrogen) atoms. The minimum Gasteiger partial charge on any atom is -0.383 e. The van der Waals surface area contributed by atoms with E-state index in [9.17, 15) is 4.79 Å². The smallest absolute Gasteiger partial charge is 0.240 e. The highest BCUT2D eigenvalue weighted by Gasteiger charge is 2.40. The van der Waals surface area contributed by atoms with Crippen molar-refractivity contribution in [3.05, 3.63) is 0 Å². The molecule has 0 aromatic rings. The maximum absolute atomic E-state index is 12.9. The van der Waals surface area contributed by atoms with E-state index in [1.54, 1.807) is 14.2 Å². The summed E-state index contributed by atoms with van der Waals surface area (Å²) >= 11 is 0. The standard InChI is InChI=1S/C15H30N2O3/c1-12(11-20-5)17(9-10-19-4)14(18)13-15(2,3)7-6-8-16-13/h12-13,16H,6-11H2,1-5H3. The van der Waals surface area contributed by atoms with Gasteiger partial charge in [0.1, 0.15) is 0 Å². The average Bonchev–Trinajstić information content (AvgIpc) is 2.38. The summed E-state index contributed by atoms with van der Waals surface area (Å²) < 4.78 is 10.3. The lowest BCUT2D eigenvalue weighted by Gasteiger charge is -2.42. The van der Waals surface area contributed by atoms with Crippen molar-refractivity contribution in [1.29, 1.82) is 0 Å². The molecule has 0 saturated carbocycles. The van der Waals surface area contributed by atoms with Crippen LogP contribution in [0.15, 0.2) is 0 Å². The quantitative estimate of drug-likeness (QED) is 0.766. The number of hydrogen-bond acceptors (Lipinski definition) is 4. The molecule has 5 heteroatoms. The first-order chi connectivity index (χ1) is 9.44. The van der Waals surface area contributed by atoms with E-state index in [4.69, 9.17) is 9.47 Å². The molecule has 0 bridgehead atoms. The van der Waals surface area contributed by atoms with Crippen LogP contribution in [0.5, 0.6) is 0 Å². The summed E-state index contributed by atoms with van der Waals surface area (Å²) in [6, 6.07) is -0.0606. The van der Waals surface area contributed by atoms with Crippen LogP contribution in [0.3, 0.4) is 0 Å². The Morgan fingerprint density at radius 2 is 2.10 bits per heavy atom. The topological polar surface area (TPSA) is 50.8 Å². The molecule has 0 aromatic heterocycles. The van der Waals surface area contributed by atoms with Crippen LogP contribution < -0.4 is 5.32 Å². The first-order valence-electron chi connectivity index (χ1n) is 7.45. The minimum absolute atomic E-state index is 0.00650. The Labute approximate surface area is 123 Å². The lowest BCUT2D eigenvalue weighted by Crippen LogP contribution is -2.59. The fraction of sp³-hybridized carbons (Fsp3) is 0.933. The maximum atomic E-state index is 12.9. The average molecular weight is 286 g/mol. The van der Waals surface area contributed by atoms with Gasteiger partial charge >= 0.3 is 0 Å². The third-order valence-corrected chi connectivity index (χ3v) is 4.13. The summed E-state index contributed by atoms with van der Waals surface area (Å²) in [5, 5.41) is 3.39. The minimum atomic E-state index is -0.118. The normalized spacial score (nSPS) is 23.4. The van der Waals surface area contributed by atoms with E-state index in [0.29, 0.717) is 19.8 Å². The van der Waals surface area contributed by atoms with E-state index < -0.39 is 0 Å². The number of carbonyl (C=O) groups excluding carboxylic acids is 1. The van der Waals surface area contributed by atoms with Crippen LogP contribution >= 0.6 is 0 Å². The Balaban J connectivity index is 2.79. The number of rotatable bonds is 7. The number of nitrogens with zero attached hydrogens (tertiary/aromatic N) is 1. The highest BCUT2D eigenvalue weighted by molar-refractivity contribution is 5.83. The highest BCUT2D eigenvalue weighted by atomic mass is 16.5. The fourth-order valence-corrected chi connectivity index (χ4v) is 2.87. The molecule has 2 unspecified atom stereocenters. The number of amides is 1. The molecule has 1 saturated heterocycles. The summed E-state index contributed by atoms with van der Waals surface area (Å²) in [6.45, 7) is 8.96. The van der Waals surface area contributed by atoms with E-state index in [0.717, 1.165) is 19.4 Å². The highest BCUT2D eigenvalue weighted by Crippen LogP contribution is 2.31. The van der Waals surface area contributed by atoms with Gasteiger partial charge in [0.05, 0.1) is 25.3 Å². The predicted molar refractivity (Wildman–Crippen MR) is 79.7 cm³/mol. The van der Waals surface area contributed by atoms with Gasteiger partial charge in [-0.3, -0.25) is 4.79 Å². The van der Waals surface area contributed by atoms with Gasteiger partial charge in [0, 0.05) is 20.8 Å². The van der Waals surface area contributed by atoms with Gasteiger partial charge in [0.2, 0.25) is 5.91 Å². The van der Waals surface area contributed by atoms with Gasteiger partial charge in [-0.2, -0.15) is 0 Å². The number of piperidine rings is 1. The first-order valence-corrected chi connectivity index (χ1v) is 7.45. The van der Waals surface area contributed by atoms with Crippen LogP contribution in [-0.4, -0.2) is 63.4 Å². The molecule has 1 heterocycles. The molecule has 1 N–H and O–H groups in total. The molecule has 2 atom stereocenters. The molecule has 0 spiro atoms. The van der Waals surface area contributed by atoms with E-state index in [1.165, 1.54) is 0 Å². The predicted octanol–water partition coefficient (Wildman–Crippen LogP) is 1.27. The maximum Gasteiger partial charge on any atom is 0.240 e. The van der Waals surface area contributed by atoms with Crippen molar-refractivity contribution in [2.75, 3.05) is 40.5 Å². The van der Waals surface area contributed by atoms with E-state index in [2.05, 4.69) is 19.2 Å². The van der Waals surface area contributed by atoms with Crippen molar-refractivity contribution >= 4 is 5.91 Å². The third-order valence-electron chi connectivity index (χ3n) is 4.13. The zero-order chi connectivity index (χ0) is 15.2. The SMILES string of the molecule is COCCN(C(=O)C1NCCCC1(C)C)C(C)COC. The second kappa shape index (κ2) is 7.96. The molecule has 1 aliphatic heterocycles. The van der Waals surface area contributed by atoms with E-state index >= 15 is 0 Å². The second-order valence-electron chi connectivity index (χ2n) is 6.31. The summed E-state index contributed by atoms with van der Waals surface area (Å²) in [4.78, 5) is 14.8. The Bertz CT molecular complexity index is 307. The molecule has 5 nitrogen and oxygen atoms in total. The van der Waals surface area contributed by atoms with Gasteiger partial charge in [-0.1, -0.05) is 13.8 Å². The summed E-state index contributed by atoms with van der Waals surface area (Å²) in [7, 11) is 3.32. The summed E-state index contributed by atoms with van der Waals surface area (Å²) in [5.74, 6) is 0.163. The van der Waals surface area contributed by atoms with E-state index in [1.807, 2.05) is 11.8 Å². The first kappa shape index (κ1) is 17.4. The van der Waals surface area contributed by atoms with Crippen LogP contribution in [0, 0.1) is 5.41 Å². The lowest BCUT2D eigenvalue weighted by molar-refractivity contribution is -0.141. The summed E-state index contributed by atoms with van der Waals surface area (Å²) in [6.07, 6.45) is 2.20. The molecule has 0 radical (unpaired) electrons. The molecule has 118 valence electrons. The van der Waals surface area contributed by atoms with Gasteiger partial charge in [-0.25, -0.2) is 0 Å². The van der Waals surface area contributed by atoms with Crippen molar-refractivity contribution in [3.8, 4) is 0 Å². The monoisotopic (exact) mass is 286 g/mol. The Morgan fingerprint density at radius 3 is 2.65 bits per heavy atom. The van der Waals surface area contributed by atoms with Crippen molar-refractivity contribution in [2.45, 2.75) is 45.7 Å². The van der Waals surface area contributed by atoms with Crippen LogP contribution in [-0.2, 0) is 14.3 Å². The van der Waals surface area contributed by atoms with E-state index in [-0.39, 0.29) is 23.4 Å². The molecule has 0 aromatic carbocycles. The number of ether oxygens (including phenoxy) is 2. The molecular weight excluding hydrogens is 256 g/mol.